The van der Waals surface area contributed by atoms with Gasteiger partial charge in [-0.15, -0.1) is 0 Å². The molecular weight excluding hydrogens is 330 g/mol. The highest BCUT2D eigenvalue weighted by atomic mass is 16.4. The first-order valence-electron chi connectivity index (χ1n) is 9.10. The summed E-state index contributed by atoms with van der Waals surface area (Å²) >= 11 is 0. The van der Waals surface area contributed by atoms with Gasteiger partial charge >= 0.3 is 5.97 Å². The van der Waals surface area contributed by atoms with Crippen LogP contribution in [-0.4, -0.2) is 45.3 Å². The van der Waals surface area contributed by atoms with Gasteiger partial charge in [-0.1, -0.05) is 50.1 Å². The van der Waals surface area contributed by atoms with Crippen LogP contribution in [0.1, 0.15) is 49.0 Å². The molecule has 1 aromatic carbocycles. The Balaban J connectivity index is 1.96. The predicted octanol–water partition coefficient (Wildman–Crippen LogP) is 3.46. The Morgan fingerprint density at radius 2 is 1.92 bits per heavy atom. The first-order chi connectivity index (χ1) is 12.5. The average Bonchev–Trinajstić information content (AvgIpc) is 3.30. The lowest BCUT2D eigenvalue weighted by Crippen LogP contribution is -2.33. The van der Waals surface area contributed by atoms with Crippen LogP contribution in [0.15, 0.2) is 36.5 Å². The maximum Gasteiger partial charge on any atom is 0.308 e. The summed E-state index contributed by atoms with van der Waals surface area (Å²) in [6, 6.07) is 10.1. The van der Waals surface area contributed by atoms with Crippen LogP contribution in [0.4, 0.5) is 0 Å². The lowest BCUT2D eigenvalue weighted by molar-refractivity contribution is -0.141. The Bertz CT molecular complexity index is 779. The highest BCUT2D eigenvalue weighted by Crippen LogP contribution is 2.35. The number of hydrogen-bond donors (Lipinski definition) is 1. The zero-order valence-corrected chi connectivity index (χ0v) is 15.3. The van der Waals surface area contributed by atoms with Crippen LogP contribution in [0.5, 0.6) is 0 Å². The molecule has 0 radical (unpaired) electrons. The normalized spacial score (nSPS) is 15.8. The molecule has 1 aliphatic carbocycles. The number of benzene rings is 1. The van der Waals surface area contributed by atoms with Crippen molar-refractivity contribution < 1.29 is 14.7 Å². The van der Waals surface area contributed by atoms with Crippen molar-refractivity contribution in [2.75, 3.05) is 13.6 Å². The molecule has 1 fully saturated rings. The number of rotatable bonds is 6. The second kappa shape index (κ2) is 7.72. The molecule has 1 aromatic heterocycles. The van der Waals surface area contributed by atoms with E-state index >= 15 is 0 Å². The molecular formula is C20H25N3O3. The van der Waals surface area contributed by atoms with E-state index in [1.165, 1.54) is 17.7 Å². The first-order valence-corrected chi connectivity index (χ1v) is 9.10. The van der Waals surface area contributed by atoms with Gasteiger partial charge in [-0.25, -0.2) is 0 Å². The lowest BCUT2D eigenvalue weighted by atomic mass is 10.1. The molecule has 1 amide bonds. The highest BCUT2D eigenvalue weighted by molar-refractivity contribution is 6.00. The Hall–Kier alpha value is -2.63. The molecule has 3 rings (SSSR count). The largest absolute Gasteiger partial charge is 0.481 e. The van der Waals surface area contributed by atoms with Gasteiger partial charge in [0, 0.05) is 19.2 Å². The van der Waals surface area contributed by atoms with Crippen molar-refractivity contribution in [3.63, 3.8) is 0 Å². The van der Waals surface area contributed by atoms with Crippen molar-refractivity contribution in [2.45, 2.75) is 38.6 Å². The number of carbonyl (C=O) groups excluding carboxylic acids is 1. The molecule has 1 N–H and O–H groups in total. The zero-order valence-electron chi connectivity index (χ0n) is 15.3. The van der Waals surface area contributed by atoms with E-state index in [1.54, 1.807) is 20.2 Å². The fourth-order valence-corrected chi connectivity index (χ4v) is 3.61. The summed E-state index contributed by atoms with van der Waals surface area (Å²) in [4.78, 5) is 25.6. The Kier molecular flexibility index (Phi) is 5.40. The summed E-state index contributed by atoms with van der Waals surface area (Å²) in [6.45, 7) is 1.77. The molecule has 1 unspecified atom stereocenters. The van der Waals surface area contributed by atoms with Gasteiger partial charge in [0.2, 0.25) is 0 Å². The number of aliphatic carboxylic acids is 1. The summed E-state index contributed by atoms with van der Waals surface area (Å²) in [5.74, 6) is -1.72. The van der Waals surface area contributed by atoms with E-state index in [4.69, 9.17) is 5.11 Å². The minimum atomic E-state index is -0.908. The third-order valence-electron chi connectivity index (χ3n) is 5.06. The second-order valence-electron chi connectivity index (χ2n) is 7.08. The number of nitrogens with zero attached hydrogens (tertiary/aromatic N) is 3. The minimum absolute atomic E-state index is 0.164. The maximum absolute atomic E-state index is 13.0. The van der Waals surface area contributed by atoms with Crippen LogP contribution < -0.4 is 0 Å². The van der Waals surface area contributed by atoms with Gasteiger partial charge in [-0.3, -0.25) is 14.3 Å². The van der Waals surface area contributed by atoms with Crippen molar-refractivity contribution in [2.24, 2.45) is 5.92 Å². The number of carboxylic acid groups (broad SMARTS) is 1. The quantitative estimate of drug-likeness (QED) is 0.861. The molecule has 1 aliphatic rings. The van der Waals surface area contributed by atoms with Gasteiger partial charge in [0.05, 0.1) is 29.4 Å². The van der Waals surface area contributed by atoms with E-state index in [-0.39, 0.29) is 12.5 Å². The number of amides is 1. The molecule has 6 heteroatoms. The summed E-state index contributed by atoms with van der Waals surface area (Å²) in [5.41, 5.74) is 2.32. The molecule has 0 spiro atoms. The fourth-order valence-electron chi connectivity index (χ4n) is 3.61. The van der Waals surface area contributed by atoms with E-state index in [9.17, 15) is 9.59 Å². The number of carboxylic acids is 1. The van der Waals surface area contributed by atoms with Gasteiger partial charge in [0.15, 0.2) is 0 Å². The number of carbonyl (C=O) groups is 2. The molecule has 1 atom stereocenters. The molecule has 0 saturated heterocycles. The molecule has 6 nitrogen and oxygen atoms in total. The summed E-state index contributed by atoms with van der Waals surface area (Å²) in [7, 11) is 1.64. The van der Waals surface area contributed by atoms with E-state index < -0.39 is 11.9 Å². The second-order valence-corrected chi connectivity index (χ2v) is 7.08. The van der Waals surface area contributed by atoms with Crippen LogP contribution in [0.3, 0.4) is 0 Å². The Labute approximate surface area is 153 Å². The smallest absolute Gasteiger partial charge is 0.308 e. The maximum atomic E-state index is 13.0. The standard InChI is InChI=1S/C20H25N3O3/c1-14(20(25)26)13-22(2)19(24)17-12-21-23(16-10-6-7-11-16)18(17)15-8-4-3-5-9-15/h3-5,8-9,12,14,16H,6-7,10-11,13H2,1-2H3,(H,25,26). The van der Waals surface area contributed by atoms with Gasteiger partial charge in [0.25, 0.3) is 5.91 Å². The molecule has 26 heavy (non-hydrogen) atoms. The predicted molar refractivity (Wildman–Crippen MR) is 98.9 cm³/mol. The van der Waals surface area contributed by atoms with E-state index in [2.05, 4.69) is 5.10 Å². The molecule has 0 aliphatic heterocycles. The molecule has 0 bridgehead atoms. The molecule has 1 saturated carbocycles. The number of aromatic nitrogens is 2. The zero-order chi connectivity index (χ0) is 18.7. The van der Waals surface area contributed by atoms with Crippen molar-refractivity contribution >= 4 is 11.9 Å². The monoisotopic (exact) mass is 355 g/mol. The van der Waals surface area contributed by atoms with Crippen LogP contribution in [0.2, 0.25) is 0 Å². The number of hydrogen-bond acceptors (Lipinski definition) is 3. The molecule has 138 valence electrons. The lowest BCUT2D eigenvalue weighted by Gasteiger charge is -2.20. The van der Waals surface area contributed by atoms with Crippen LogP contribution in [0.25, 0.3) is 11.3 Å². The van der Waals surface area contributed by atoms with Gasteiger partial charge in [0.1, 0.15) is 0 Å². The van der Waals surface area contributed by atoms with E-state index in [0.717, 1.165) is 24.1 Å². The molecule has 2 aromatic rings. The fraction of sp³-hybridized carbons (Fsp3) is 0.450. The van der Waals surface area contributed by atoms with Gasteiger partial charge in [-0.05, 0) is 12.8 Å². The molecule has 1 heterocycles. The summed E-state index contributed by atoms with van der Waals surface area (Å²) in [5, 5.41) is 13.7. The van der Waals surface area contributed by atoms with Gasteiger partial charge in [-0.2, -0.15) is 5.10 Å². The van der Waals surface area contributed by atoms with Crippen molar-refractivity contribution in [3.05, 3.63) is 42.1 Å². The topological polar surface area (TPSA) is 75.4 Å². The van der Waals surface area contributed by atoms with E-state index in [1.807, 2.05) is 35.0 Å². The van der Waals surface area contributed by atoms with Crippen molar-refractivity contribution in [1.29, 1.82) is 0 Å². The van der Waals surface area contributed by atoms with Crippen LogP contribution >= 0.6 is 0 Å². The van der Waals surface area contributed by atoms with Crippen LogP contribution in [0, 0.1) is 5.92 Å². The van der Waals surface area contributed by atoms with Crippen LogP contribution in [-0.2, 0) is 4.79 Å². The Morgan fingerprint density at radius 1 is 1.27 bits per heavy atom. The minimum Gasteiger partial charge on any atom is -0.481 e. The average molecular weight is 355 g/mol. The van der Waals surface area contributed by atoms with Gasteiger partial charge < -0.3 is 10.0 Å². The summed E-state index contributed by atoms with van der Waals surface area (Å²) < 4.78 is 1.99. The highest BCUT2D eigenvalue weighted by Gasteiger charge is 2.27. The third kappa shape index (κ3) is 3.64. The van der Waals surface area contributed by atoms with Crippen molar-refractivity contribution in [3.8, 4) is 11.3 Å². The Morgan fingerprint density at radius 3 is 2.54 bits per heavy atom. The third-order valence-corrected chi connectivity index (χ3v) is 5.06. The van der Waals surface area contributed by atoms with Crippen molar-refractivity contribution in [1.82, 2.24) is 14.7 Å². The SMILES string of the molecule is CC(CN(C)C(=O)c1cnn(C2CCCC2)c1-c1ccccc1)C(=O)O. The van der Waals surface area contributed by atoms with E-state index in [0.29, 0.717) is 11.6 Å². The first kappa shape index (κ1) is 18.2. The summed E-state index contributed by atoms with van der Waals surface area (Å²) in [6.07, 6.45) is 6.13.